The highest BCUT2D eigenvalue weighted by Crippen LogP contribution is 2.26. The number of benzene rings is 1. The van der Waals surface area contributed by atoms with Crippen LogP contribution < -0.4 is 5.63 Å². The van der Waals surface area contributed by atoms with Crippen molar-refractivity contribution in [3.8, 4) is 5.75 Å². The third-order valence-electron chi connectivity index (χ3n) is 5.83. The Bertz CT molecular complexity index is 838. The number of aromatic hydroxyl groups is 1. The van der Waals surface area contributed by atoms with Gasteiger partial charge in [-0.3, -0.25) is 9.80 Å². The highest BCUT2D eigenvalue weighted by Gasteiger charge is 2.22. The maximum Gasteiger partial charge on any atom is 0.343 e. The van der Waals surface area contributed by atoms with Crippen LogP contribution in [0.2, 0.25) is 0 Å². The first kappa shape index (κ1) is 18.3. The SMILES string of the molecule is O=c1occ(CN2CCCCCC2)c(O)c1CN1CCc2ccccc2C1. The van der Waals surface area contributed by atoms with Crippen LogP contribution in [0.4, 0.5) is 0 Å². The Hall–Kier alpha value is -2.11. The van der Waals surface area contributed by atoms with Crippen LogP contribution in [0.25, 0.3) is 0 Å². The molecule has 0 aliphatic carbocycles. The van der Waals surface area contributed by atoms with E-state index in [0.717, 1.165) is 38.2 Å². The van der Waals surface area contributed by atoms with Crippen molar-refractivity contribution in [2.45, 2.75) is 51.7 Å². The summed E-state index contributed by atoms with van der Waals surface area (Å²) in [5.74, 6) is 0.120. The van der Waals surface area contributed by atoms with Crippen molar-refractivity contribution in [3.63, 3.8) is 0 Å². The smallest absolute Gasteiger partial charge is 0.343 e. The molecule has 1 aromatic carbocycles. The normalized spacial score (nSPS) is 18.8. The Morgan fingerprint density at radius 3 is 2.44 bits per heavy atom. The molecule has 5 heteroatoms. The van der Waals surface area contributed by atoms with Gasteiger partial charge in [0.2, 0.25) is 0 Å². The van der Waals surface area contributed by atoms with Crippen molar-refractivity contribution in [1.29, 1.82) is 0 Å². The lowest BCUT2D eigenvalue weighted by atomic mass is 9.99. The van der Waals surface area contributed by atoms with E-state index in [0.29, 0.717) is 18.7 Å². The molecular weight excluding hydrogens is 340 g/mol. The summed E-state index contributed by atoms with van der Waals surface area (Å²) < 4.78 is 5.29. The summed E-state index contributed by atoms with van der Waals surface area (Å²) in [6.45, 7) is 4.83. The first-order valence-electron chi connectivity index (χ1n) is 10.0. The third kappa shape index (κ3) is 4.25. The molecule has 3 heterocycles. The molecule has 0 saturated carbocycles. The van der Waals surface area contributed by atoms with E-state index in [1.165, 1.54) is 43.1 Å². The number of likely N-dealkylation sites (tertiary alicyclic amines) is 1. The van der Waals surface area contributed by atoms with Crippen LogP contribution in [0.5, 0.6) is 5.75 Å². The van der Waals surface area contributed by atoms with Crippen LogP contribution in [0, 0.1) is 0 Å². The molecule has 4 rings (SSSR count). The predicted molar refractivity (Wildman–Crippen MR) is 105 cm³/mol. The van der Waals surface area contributed by atoms with Gasteiger partial charge in [-0.15, -0.1) is 0 Å². The fourth-order valence-electron chi connectivity index (χ4n) is 4.24. The summed E-state index contributed by atoms with van der Waals surface area (Å²) in [4.78, 5) is 16.9. The van der Waals surface area contributed by atoms with Gasteiger partial charge in [-0.25, -0.2) is 4.79 Å². The highest BCUT2D eigenvalue weighted by atomic mass is 16.4. The standard InChI is InChI=1S/C22H28N2O3/c25-21-19(14-23-10-5-1-2-6-11-23)16-27-22(26)20(21)15-24-12-9-17-7-3-4-8-18(17)13-24/h3-4,7-8,16,25H,1-2,5-6,9-15H2. The largest absolute Gasteiger partial charge is 0.507 e. The minimum atomic E-state index is -0.425. The third-order valence-corrected chi connectivity index (χ3v) is 5.83. The second-order valence-corrected chi connectivity index (χ2v) is 7.80. The number of nitrogens with zero attached hydrogens (tertiary/aromatic N) is 2. The Labute approximate surface area is 160 Å². The van der Waals surface area contributed by atoms with E-state index in [1.807, 2.05) is 0 Å². The molecule has 0 unspecified atom stereocenters. The van der Waals surface area contributed by atoms with Gasteiger partial charge in [-0.1, -0.05) is 37.1 Å². The van der Waals surface area contributed by atoms with Gasteiger partial charge in [0.25, 0.3) is 0 Å². The van der Waals surface area contributed by atoms with Gasteiger partial charge in [0.15, 0.2) is 0 Å². The fourth-order valence-corrected chi connectivity index (χ4v) is 4.24. The molecule has 2 aliphatic heterocycles. The van der Waals surface area contributed by atoms with E-state index < -0.39 is 5.63 Å². The molecule has 0 atom stereocenters. The fraction of sp³-hybridized carbons (Fsp3) is 0.500. The van der Waals surface area contributed by atoms with E-state index in [2.05, 4.69) is 34.1 Å². The molecule has 1 fully saturated rings. The monoisotopic (exact) mass is 368 g/mol. The second-order valence-electron chi connectivity index (χ2n) is 7.80. The molecule has 0 radical (unpaired) electrons. The topological polar surface area (TPSA) is 56.9 Å². The van der Waals surface area contributed by atoms with Crippen LogP contribution >= 0.6 is 0 Å². The van der Waals surface area contributed by atoms with Crippen molar-refractivity contribution in [1.82, 2.24) is 9.80 Å². The van der Waals surface area contributed by atoms with Crippen LogP contribution in [0.15, 0.2) is 39.7 Å². The van der Waals surface area contributed by atoms with Crippen LogP contribution in [-0.2, 0) is 26.1 Å². The Balaban J connectivity index is 1.50. The first-order chi connectivity index (χ1) is 13.2. The predicted octanol–water partition coefficient (Wildman–Crippen LogP) is 3.28. The zero-order valence-corrected chi connectivity index (χ0v) is 15.8. The van der Waals surface area contributed by atoms with Gasteiger partial charge < -0.3 is 9.52 Å². The molecule has 27 heavy (non-hydrogen) atoms. The molecule has 0 amide bonds. The zero-order chi connectivity index (χ0) is 18.6. The van der Waals surface area contributed by atoms with Gasteiger partial charge in [0.1, 0.15) is 12.0 Å². The summed E-state index contributed by atoms with van der Waals surface area (Å²) in [6.07, 6.45) is 7.34. The van der Waals surface area contributed by atoms with Crippen molar-refractivity contribution < 1.29 is 9.52 Å². The molecule has 5 nitrogen and oxygen atoms in total. The van der Waals surface area contributed by atoms with E-state index >= 15 is 0 Å². The molecule has 1 saturated heterocycles. The van der Waals surface area contributed by atoms with E-state index in [4.69, 9.17) is 4.42 Å². The van der Waals surface area contributed by atoms with Crippen LogP contribution in [-0.4, -0.2) is 34.5 Å². The number of hydrogen-bond donors (Lipinski definition) is 1. The molecular formula is C22H28N2O3. The zero-order valence-electron chi connectivity index (χ0n) is 15.8. The lowest BCUT2D eigenvalue weighted by molar-refractivity contribution is 0.234. The molecule has 0 spiro atoms. The van der Waals surface area contributed by atoms with Gasteiger partial charge >= 0.3 is 5.63 Å². The lowest BCUT2D eigenvalue weighted by Gasteiger charge is -2.28. The Kier molecular flexibility index (Phi) is 5.60. The van der Waals surface area contributed by atoms with Crippen LogP contribution in [0.1, 0.15) is 47.9 Å². The van der Waals surface area contributed by atoms with Gasteiger partial charge in [0, 0.05) is 31.7 Å². The molecule has 1 aromatic heterocycles. The average molecular weight is 368 g/mol. The number of rotatable bonds is 4. The summed E-state index contributed by atoms with van der Waals surface area (Å²) >= 11 is 0. The number of fused-ring (bicyclic) bond motifs is 1. The van der Waals surface area contributed by atoms with Crippen molar-refractivity contribution in [2.75, 3.05) is 19.6 Å². The molecule has 144 valence electrons. The quantitative estimate of drug-likeness (QED) is 0.898. The van der Waals surface area contributed by atoms with E-state index in [9.17, 15) is 9.90 Å². The summed E-state index contributed by atoms with van der Waals surface area (Å²) in [5, 5.41) is 10.8. The van der Waals surface area contributed by atoms with E-state index in [1.54, 1.807) is 0 Å². The molecule has 2 aromatic rings. The summed E-state index contributed by atoms with van der Waals surface area (Å²) in [5.41, 5.74) is 3.37. The van der Waals surface area contributed by atoms with Gasteiger partial charge in [-0.05, 0) is 43.5 Å². The van der Waals surface area contributed by atoms with Crippen molar-refractivity contribution >= 4 is 0 Å². The second kappa shape index (κ2) is 8.28. The average Bonchev–Trinajstić information content (AvgIpc) is 2.96. The Morgan fingerprint density at radius 2 is 1.67 bits per heavy atom. The van der Waals surface area contributed by atoms with E-state index in [-0.39, 0.29) is 5.75 Å². The van der Waals surface area contributed by atoms with Crippen molar-refractivity contribution in [2.24, 2.45) is 0 Å². The summed E-state index contributed by atoms with van der Waals surface area (Å²) in [7, 11) is 0. The summed E-state index contributed by atoms with van der Waals surface area (Å²) in [6, 6.07) is 8.43. The Morgan fingerprint density at radius 1 is 0.926 bits per heavy atom. The highest BCUT2D eigenvalue weighted by molar-refractivity contribution is 5.37. The first-order valence-corrected chi connectivity index (χ1v) is 10.0. The minimum absolute atomic E-state index is 0.120. The maximum atomic E-state index is 12.3. The van der Waals surface area contributed by atoms with Gasteiger partial charge in [0.05, 0.1) is 5.56 Å². The molecule has 2 aliphatic rings. The minimum Gasteiger partial charge on any atom is -0.507 e. The lowest BCUT2D eigenvalue weighted by Crippen LogP contribution is -2.32. The maximum absolute atomic E-state index is 12.3. The van der Waals surface area contributed by atoms with Crippen LogP contribution in [0.3, 0.4) is 0 Å². The molecule has 1 N–H and O–H groups in total. The molecule has 0 bridgehead atoms. The van der Waals surface area contributed by atoms with Crippen molar-refractivity contribution in [3.05, 3.63) is 63.2 Å². The van der Waals surface area contributed by atoms with Gasteiger partial charge in [-0.2, -0.15) is 0 Å². The number of hydrogen-bond acceptors (Lipinski definition) is 5.